The molecule has 0 spiro atoms. The SMILES string of the molecule is CN1CCN(c2cc(C(=O)NC(CN)C3CCCCC3)ccn2)CC1.Cl.Cl. The van der Waals surface area contributed by atoms with Gasteiger partial charge in [-0.2, -0.15) is 0 Å². The highest BCUT2D eigenvalue weighted by molar-refractivity contribution is 5.95. The van der Waals surface area contributed by atoms with Crippen LogP contribution in [0.3, 0.4) is 0 Å². The van der Waals surface area contributed by atoms with Crippen LogP contribution in [-0.2, 0) is 0 Å². The van der Waals surface area contributed by atoms with E-state index in [0.717, 1.165) is 32.0 Å². The molecule has 3 rings (SSSR count). The Bertz CT molecular complexity index is 575. The molecule has 1 unspecified atom stereocenters. The normalized spacial score (nSPS) is 19.6. The third-order valence-corrected chi connectivity index (χ3v) is 5.62. The van der Waals surface area contributed by atoms with Gasteiger partial charge in [-0.15, -0.1) is 24.8 Å². The second kappa shape index (κ2) is 11.7. The number of carbonyl (C=O) groups excluding carboxylic acids is 1. The zero-order chi connectivity index (χ0) is 17.6. The molecule has 8 heteroatoms. The zero-order valence-electron chi connectivity index (χ0n) is 16.1. The maximum Gasteiger partial charge on any atom is 0.251 e. The Morgan fingerprint density at radius 2 is 1.89 bits per heavy atom. The molecule has 1 aromatic heterocycles. The van der Waals surface area contributed by atoms with Crippen LogP contribution in [-0.4, -0.2) is 61.6 Å². The molecule has 6 nitrogen and oxygen atoms in total. The van der Waals surface area contributed by atoms with E-state index in [1.165, 1.54) is 32.1 Å². The van der Waals surface area contributed by atoms with Crippen LogP contribution in [0.2, 0.25) is 0 Å². The van der Waals surface area contributed by atoms with Gasteiger partial charge in [0.2, 0.25) is 0 Å². The fourth-order valence-corrected chi connectivity index (χ4v) is 3.93. The zero-order valence-corrected chi connectivity index (χ0v) is 17.7. The first-order chi connectivity index (χ1) is 12.2. The van der Waals surface area contributed by atoms with E-state index in [1.807, 2.05) is 6.07 Å². The maximum absolute atomic E-state index is 12.7. The van der Waals surface area contributed by atoms with E-state index in [4.69, 9.17) is 5.73 Å². The highest BCUT2D eigenvalue weighted by Gasteiger charge is 2.25. The molecule has 3 N–H and O–H groups in total. The first kappa shape index (κ1) is 24.0. The molecule has 1 saturated heterocycles. The van der Waals surface area contributed by atoms with Crippen molar-refractivity contribution < 1.29 is 4.79 Å². The summed E-state index contributed by atoms with van der Waals surface area (Å²) in [6.45, 7) is 4.45. The van der Waals surface area contributed by atoms with Crippen molar-refractivity contribution in [1.82, 2.24) is 15.2 Å². The monoisotopic (exact) mass is 417 g/mol. The summed E-state index contributed by atoms with van der Waals surface area (Å²) in [6, 6.07) is 3.78. The second-order valence-corrected chi connectivity index (χ2v) is 7.41. The number of nitrogens with one attached hydrogen (secondary N) is 1. The number of piperazine rings is 1. The number of likely N-dealkylation sites (N-methyl/N-ethyl adjacent to an activating group) is 1. The Labute approximate surface area is 175 Å². The van der Waals surface area contributed by atoms with E-state index in [2.05, 4.69) is 27.1 Å². The molecule has 1 amide bonds. The highest BCUT2D eigenvalue weighted by atomic mass is 35.5. The number of hydrogen-bond donors (Lipinski definition) is 2. The van der Waals surface area contributed by atoms with E-state index in [0.29, 0.717) is 18.0 Å². The van der Waals surface area contributed by atoms with Crippen LogP contribution in [0.25, 0.3) is 0 Å². The number of aromatic nitrogens is 1. The Hall–Kier alpha value is -1.08. The van der Waals surface area contributed by atoms with Gasteiger partial charge in [0.05, 0.1) is 0 Å². The molecule has 1 aliphatic carbocycles. The van der Waals surface area contributed by atoms with Gasteiger partial charge < -0.3 is 20.9 Å². The number of rotatable bonds is 5. The maximum atomic E-state index is 12.7. The van der Waals surface area contributed by atoms with Crippen molar-refractivity contribution in [1.29, 1.82) is 0 Å². The van der Waals surface area contributed by atoms with Gasteiger partial charge in [-0.1, -0.05) is 19.3 Å². The number of anilines is 1. The van der Waals surface area contributed by atoms with Crippen molar-refractivity contribution in [2.75, 3.05) is 44.7 Å². The number of amides is 1. The molecule has 1 saturated carbocycles. The van der Waals surface area contributed by atoms with Crippen molar-refractivity contribution in [2.45, 2.75) is 38.1 Å². The van der Waals surface area contributed by atoms with Crippen molar-refractivity contribution in [2.24, 2.45) is 11.7 Å². The molecule has 1 aromatic rings. The first-order valence-corrected chi connectivity index (χ1v) is 9.58. The average Bonchev–Trinajstić information content (AvgIpc) is 2.67. The van der Waals surface area contributed by atoms with Gasteiger partial charge in [-0.3, -0.25) is 4.79 Å². The number of hydrogen-bond acceptors (Lipinski definition) is 5. The van der Waals surface area contributed by atoms with Crippen molar-refractivity contribution in [3.63, 3.8) is 0 Å². The number of nitrogens with zero attached hydrogens (tertiary/aromatic N) is 3. The van der Waals surface area contributed by atoms with Crippen LogP contribution >= 0.6 is 24.8 Å². The molecular formula is C19H33Cl2N5O. The van der Waals surface area contributed by atoms with E-state index in [1.54, 1.807) is 12.3 Å². The van der Waals surface area contributed by atoms with Gasteiger partial charge in [-0.25, -0.2) is 4.98 Å². The minimum absolute atomic E-state index is 0. The summed E-state index contributed by atoms with van der Waals surface area (Å²) in [4.78, 5) is 21.7. The Kier molecular flexibility index (Phi) is 10.4. The fraction of sp³-hybridized carbons (Fsp3) is 0.684. The lowest BCUT2D eigenvalue weighted by Gasteiger charge is -2.33. The third kappa shape index (κ3) is 6.49. The van der Waals surface area contributed by atoms with Gasteiger partial charge in [0, 0.05) is 50.5 Å². The van der Waals surface area contributed by atoms with Crippen LogP contribution < -0.4 is 16.0 Å². The van der Waals surface area contributed by atoms with Crippen LogP contribution in [0.4, 0.5) is 5.82 Å². The largest absolute Gasteiger partial charge is 0.354 e. The molecule has 2 heterocycles. The van der Waals surface area contributed by atoms with Crippen molar-refractivity contribution >= 4 is 36.5 Å². The third-order valence-electron chi connectivity index (χ3n) is 5.62. The summed E-state index contributed by atoms with van der Waals surface area (Å²) in [5, 5.41) is 3.17. The second-order valence-electron chi connectivity index (χ2n) is 7.41. The predicted octanol–water partition coefficient (Wildman–Crippen LogP) is 2.31. The number of carbonyl (C=O) groups is 1. The average molecular weight is 418 g/mol. The van der Waals surface area contributed by atoms with E-state index in [-0.39, 0.29) is 36.8 Å². The summed E-state index contributed by atoms with van der Waals surface area (Å²) in [7, 11) is 2.13. The van der Waals surface area contributed by atoms with Crippen LogP contribution in [0, 0.1) is 5.92 Å². The summed E-state index contributed by atoms with van der Waals surface area (Å²) in [5.41, 5.74) is 6.63. The molecule has 1 aliphatic heterocycles. The molecule has 2 fully saturated rings. The summed E-state index contributed by atoms with van der Waals surface area (Å²) in [6.07, 6.45) is 7.89. The number of pyridine rings is 1. The summed E-state index contributed by atoms with van der Waals surface area (Å²) < 4.78 is 0. The Balaban J connectivity index is 0.00000182. The van der Waals surface area contributed by atoms with Crippen LogP contribution in [0.15, 0.2) is 18.3 Å². The minimum Gasteiger partial charge on any atom is -0.354 e. The van der Waals surface area contributed by atoms with E-state index in [9.17, 15) is 4.79 Å². The predicted molar refractivity (Wildman–Crippen MR) is 115 cm³/mol. The van der Waals surface area contributed by atoms with Gasteiger partial charge >= 0.3 is 0 Å². The minimum atomic E-state index is -0.0289. The molecule has 0 bridgehead atoms. The number of nitrogens with two attached hydrogens (primary N) is 1. The molecule has 2 aliphatic rings. The topological polar surface area (TPSA) is 74.5 Å². The van der Waals surface area contributed by atoms with Crippen molar-refractivity contribution in [3.05, 3.63) is 23.9 Å². The fourth-order valence-electron chi connectivity index (χ4n) is 3.93. The molecule has 27 heavy (non-hydrogen) atoms. The molecule has 0 aromatic carbocycles. The Morgan fingerprint density at radius 1 is 1.22 bits per heavy atom. The lowest BCUT2D eigenvalue weighted by molar-refractivity contribution is 0.0915. The van der Waals surface area contributed by atoms with Gasteiger partial charge in [0.25, 0.3) is 5.91 Å². The molecule has 1 atom stereocenters. The lowest BCUT2D eigenvalue weighted by Crippen LogP contribution is -2.46. The van der Waals surface area contributed by atoms with Crippen LogP contribution in [0.5, 0.6) is 0 Å². The van der Waals surface area contributed by atoms with E-state index >= 15 is 0 Å². The molecule has 0 radical (unpaired) electrons. The van der Waals surface area contributed by atoms with Gasteiger partial charge in [0.15, 0.2) is 0 Å². The summed E-state index contributed by atoms with van der Waals surface area (Å²) in [5.74, 6) is 1.38. The van der Waals surface area contributed by atoms with Crippen LogP contribution in [0.1, 0.15) is 42.5 Å². The smallest absolute Gasteiger partial charge is 0.251 e. The highest BCUT2D eigenvalue weighted by Crippen LogP contribution is 2.26. The summed E-state index contributed by atoms with van der Waals surface area (Å²) >= 11 is 0. The van der Waals surface area contributed by atoms with Gasteiger partial charge in [0.1, 0.15) is 5.82 Å². The Morgan fingerprint density at radius 3 is 2.52 bits per heavy atom. The van der Waals surface area contributed by atoms with Gasteiger partial charge in [-0.05, 0) is 37.9 Å². The quantitative estimate of drug-likeness (QED) is 0.768. The number of halogens is 2. The molecular weight excluding hydrogens is 385 g/mol. The van der Waals surface area contributed by atoms with Crippen molar-refractivity contribution in [3.8, 4) is 0 Å². The molecule has 154 valence electrons. The first-order valence-electron chi connectivity index (χ1n) is 9.58. The van der Waals surface area contributed by atoms with E-state index < -0.39 is 0 Å². The standard InChI is InChI=1S/C19H31N5O.2ClH/c1-23-9-11-24(12-10-23)18-13-16(7-8-21-18)19(25)22-17(14-20)15-5-3-2-4-6-15;;/h7-8,13,15,17H,2-6,9-12,14,20H2,1H3,(H,22,25);2*1H. The lowest BCUT2D eigenvalue weighted by atomic mass is 9.84.